The molecule has 148 valence electrons. The number of anilines is 1. The Hall–Kier alpha value is -3.69. The predicted octanol–water partition coefficient (Wildman–Crippen LogP) is 5.61. The van der Waals surface area contributed by atoms with E-state index < -0.39 is 0 Å². The molecule has 5 nitrogen and oxygen atoms in total. The number of pyridine rings is 2. The lowest BCUT2D eigenvalue weighted by Crippen LogP contribution is -2.00. The number of rotatable bonds is 4. The van der Waals surface area contributed by atoms with Crippen molar-refractivity contribution in [1.29, 1.82) is 5.26 Å². The van der Waals surface area contributed by atoms with Gasteiger partial charge in [0.1, 0.15) is 34.2 Å². The highest BCUT2D eigenvalue weighted by atomic mass is 35.5. The van der Waals surface area contributed by atoms with E-state index in [0.717, 1.165) is 11.3 Å². The molecule has 0 radical (unpaired) electrons. The molecule has 2 aromatic heterocycles. The molecule has 0 spiro atoms. The van der Waals surface area contributed by atoms with Gasteiger partial charge in [-0.2, -0.15) is 5.26 Å². The number of ether oxygens (including phenoxy) is 1. The molecular weight excluding hydrogens is 403 g/mol. The maximum absolute atomic E-state index is 13.7. The summed E-state index contributed by atoms with van der Waals surface area (Å²) in [6.45, 7) is 2.47. The fourth-order valence-corrected chi connectivity index (χ4v) is 3.49. The van der Waals surface area contributed by atoms with E-state index in [1.807, 2.05) is 31.2 Å². The Morgan fingerprint density at radius 2 is 1.83 bits per heavy atom. The van der Waals surface area contributed by atoms with Crippen molar-refractivity contribution in [2.45, 2.75) is 6.92 Å². The third-order valence-corrected chi connectivity index (χ3v) is 4.93. The lowest BCUT2D eigenvalue weighted by atomic mass is 9.98. The number of benzene rings is 2. The van der Waals surface area contributed by atoms with Crippen LogP contribution in [0.1, 0.15) is 12.5 Å². The Balaban J connectivity index is 1.89. The Labute approximate surface area is 177 Å². The van der Waals surface area contributed by atoms with Gasteiger partial charge in [-0.15, -0.1) is 0 Å². The Morgan fingerprint density at radius 1 is 1.07 bits per heavy atom. The number of nitrogens with zero attached hydrogens (tertiary/aromatic N) is 3. The van der Waals surface area contributed by atoms with Gasteiger partial charge in [0.15, 0.2) is 0 Å². The average Bonchev–Trinajstić information content (AvgIpc) is 2.74. The third-order valence-electron chi connectivity index (χ3n) is 4.64. The molecule has 0 saturated heterocycles. The number of nitrogens with two attached hydrogens (primary N) is 1. The monoisotopic (exact) mass is 418 g/mol. The van der Waals surface area contributed by atoms with Crippen LogP contribution < -0.4 is 10.5 Å². The van der Waals surface area contributed by atoms with E-state index in [2.05, 4.69) is 16.0 Å². The second-order valence-corrected chi connectivity index (χ2v) is 6.91. The first-order chi connectivity index (χ1) is 14.5. The average molecular weight is 419 g/mol. The van der Waals surface area contributed by atoms with Crippen molar-refractivity contribution in [3.05, 3.63) is 71.1 Å². The lowest BCUT2D eigenvalue weighted by Gasteiger charge is -2.12. The van der Waals surface area contributed by atoms with Crippen LogP contribution in [0.5, 0.6) is 5.75 Å². The Morgan fingerprint density at radius 3 is 2.53 bits per heavy atom. The van der Waals surface area contributed by atoms with Crippen molar-refractivity contribution < 1.29 is 9.13 Å². The summed E-state index contributed by atoms with van der Waals surface area (Å²) in [5.41, 5.74) is 9.25. The van der Waals surface area contributed by atoms with E-state index >= 15 is 0 Å². The van der Waals surface area contributed by atoms with Gasteiger partial charge in [-0.05, 0) is 55.0 Å². The standard InChI is InChI=1S/C23H16ClFN4O/c1-2-30-16-6-3-13(4-7-16)17-11-21(29-23(27)19(17)12-26)18-10-14-9-15(25)5-8-20(14)28-22(18)24/h3-11H,2H2,1H3,(H2,27,29). The number of hydrogen-bond donors (Lipinski definition) is 1. The number of halogens is 2. The van der Waals surface area contributed by atoms with Crippen LogP contribution in [0.4, 0.5) is 10.2 Å². The molecule has 4 rings (SSSR count). The third kappa shape index (κ3) is 3.63. The molecule has 0 fully saturated rings. The maximum atomic E-state index is 13.7. The molecule has 0 aliphatic carbocycles. The second-order valence-electron chi connectivity index (χ2n) is 6.55. The molecule has 0 saturated carbocycles. The SMILES string of the molecule is CCOc1ccc(-c2cc(-c3cc4cc(F)ccc4nc3Cl)nc(N)c2C#N)cc1. The Kier molecular flexibility index (Phi) is 5.21. The van der Waals surface area contributed by atoms with E-state index in [1.165, 1.54) is 12.1 Å². The second kappa shape index (κ2) is 7.97. The van der Waals surface area contributed by atoms with Gasteiger partial charge in [-0.1, -0.05) is 23.7 Å². The van der Waals surface area contributed by atoms with Crippen LogP contribution in [0.3, 0.4) is 0 Å². The summed E-state index contributed by atoms with van der Waals surface area (Å²) >= 11 is 6.39. The van der Waals surface area contributed by atoms with Gasteiger partial charge >= 0.3 is 0 Å². The lowest BCUT2D eigenvalue weighted by molar-refractivity contribution is 0.340. The van der Waals surface area contributed by atoms with Gasteiger partial charge in [0, 0.05) is 16.5 Å². The number of aromatic nitrogens is 2. The van der Waals surface area contributed by atoms with Crippen LogP contribution in [0, 0.1) is 17.1 Å². The van der Waals surface area contributed by atoms with E-state index in [0.29, 0.717) is 34.3 Å². The topological polar surface area (TPSA) is 84.8 Å². The quantitative estimate of drug-likeness (QED) is 0.435. The summed E-state index contributed by atoms with van der Waals surface area (Å²) in [4.78, 5) is 8.69. The van der Waals surface area contributed by atoms with Crippen molar-refractivity contribution in [3.63, 3.8) is 0 Å². The van der Waals surface area contributed by atoms with E-state index in [-0.39, 0.29) is 22.4 Å². The molecule has 0 bridgehead atoms. The van der Waals surface area contributed by atoms with Crippen LogP contribution in [-0.2, 0) is 0 Å². The molecular formula is C23H16ClFN4O. The van der Waals surface area contributed by atoms with Gasteiger partial charge in [-0.25, -0.2) is 14.4 Å². The van der Waals surface area contributed by atoms with Crippen molar-refractivity contribution in [2.75, 3.05) is 12.3 Å². The zero-order valence-corrected chi connectivity index (χ0v) is 16.7. The molecule has 0 unspecified atom stereocenters. The number of fused-ring (bicyclic) bond motifs is 1. The van der Waals surface area contributed by atoms with Crippen LogP contribution in [0.25, 0.3) is 33.3 Å². The molecule has 4 aromatic rings. The summed E-state index contributed by atoms with van der Waals surface area (Å²) in [5.74, 6) is 0.431. The van der Waals surface area contributed by atoms with Crippen LogP contribution in [0.15, 0.2) is 54.6 Å². The van der Waals surface area contributed by atoms with Gasteiger partial charge in [0.05, 0.1) is 17.8 Å². The molecule has 2 aromatic carbocycles. The molecule has 2 heterocycles. The van der Waals surface area contributed by atoms with Crippen molar-refractivity contribution >= 4 is 28.3 Å². The smallest absolute Gasteiger partial charge is 0.142 e. The van der Waals surface area contributed by atoms with Crippen molar-refractivity contribution in [1.82, 2.24) is 9.97 Å². The zero-order chi connectivity index (χ0) is 21.3. The Bertz CT molecular complexity index is 1300. The molecule has 0 aliphatic rings. The highest BCUT2D eigenvalue weighted by Crippen LogP contribution is 2.35. The van der Waals surface area contributed by atoms with Gasteiger partial charge in [0.25, 0.3) is 0 Å². The van der Waals surface area contributed by atoms with Crippen LogP contribution >= 0.6 is 11.6 Å². The molecule has 0 aliphatic heterocycles. The minimum atomic E-state index is -0.375. The maximum Gasteiger partial charge on any atom is 0.142 e. The first-order valence-corrected chi connectivity index (χ1v) is 9.58. The zero-order valence-electron chi connectivity index (χ0n) is 16.0. The summed E-state index contributed by atoms with van der Waals surface area (Å²) in [6.07, 6.45) is 0. The summed E-state index contributed by atoms with van der Waals surface area (Å²) in [6, 6.07) is 17.2. The van der Waals surface area contributed by atoms with Crippen LogP contribution in [0.2, 0.25) is 5.15 Å². The highest BCUT2D eigenvalue weighted by molar-refractivity contribution is 6.32. The van der Waals surface area contributed by atoms with Gasteiger partial charge in [-0.3, -0.25) is 0 Å². The van der Waals surface area contributed by atoms with E-state index in [4.69, 9.17) is 22.1 Å². The largest absolute Gasteiger partial charge is 0.494 e. The fraction of sp³-hybridized carbons (Fsp3) is 0.0870. The number of nitrogen functional groups attached to an aromatic ring is 1. The molecule has 0 amide bonds. The fourth-order valence-electron chi connectivity index (χ4n) is 3.25. The van der Waals surface area contributed by atoms with E-state index in [9.17, 15) is 9.65 Å². The first kappa shape index (κ1) is 19.6. The molecule has 7 heteroatoms. The molecule has 2 N–H and O–H groups in total. The minimum Gasteiger partial charge on any atom is -0.494 e. The van der Waals surface area contributed by atoms with Crippen molar-refractivity contribution in [2.24, 2.45) is 0 Å². The van der Waals surface area contributed by atoms with Gasteiger partial charge in [0.2, 0.25) is 0 Å². The van der Waals surface area contributed by atoms with Crippen molar-refractivity contribution in [3.8, 4) is 34.2 Å². The number of nitriles is 1. The molecule has 0 atom stereocenters. The summed E-state index contributed by atoms with van der Waals surface area (Å²) in [7, 11) is 0. The predicted molar refractivity (Wildman–Crippen MR) is 116 cm³/mol. The highest BCUT2D eigenvalue weighted by Gasteiger charge is 2.16. The normalized spacial score (nSPS) is 10.7. The van der Waals surface area contributed by atoms with E-state index in [1.54, 1.807) is 18.2 Å². The summed E-state index contributed by atoms with van der Waals surface area (Å²) in [5, 5.41) is 10.4. The summed E-state index contributed by atoms with van der Waals surface area (Å²) < 4.78 is 19.1. The van der Waals surface area contributed by atoms with Crippen LogP contribution in [-0.4, -0.2) is 16.6 Å². The minimum absolute atomic E-state index is 0.0780. The van der Waals surface area contributed by atoms with Gasteiger partial charge < -0.3 is 10.5 Å². The molecule has 30 heavy (non-hydrogen) atoms. The first-order valence-electron chi connectivity index (χ1n) is 9.20. The number of hydrogen-bond acceptors (Lipinski definition) is 5.